The second-order valence-electron chi connectivity index (χ2n) is 4.33. The number of thiocarbonyl (C=S) groups is 1. The summed E-state index contributed by atoms with van der Waals surface area (Å²) in [7, 11) is 1.70. The standard InChI is InChI=1S/C13H15BrCl2N2O2S/c1-18(4-2-12(17)21)13(19)3-5-20-11-7-9(15)8(14)6-10(11)16/h6-7H,2-5H2,1H3,(H2,17,21). The molecule has 2 N–H and O–H groups in total. The molecule has 1 rings (SSSR count). The number of benzene rings is 1. The molecule has 1 aromatic carbocycles. The van der Waals surface area contributed by atoms with Crippen LogP contribution in [0.3, 0.4) is 0 Å². The number of amides is 1. The van der Waals surface area contributed by atoms with Crippen molar-refractivity contribution in [3.8, 4) is 5.75 Å². The number of nitrogens with two attached hydrogens (primary N) is 1. The molecule has 1 aromatic rings. The van der Waals surface area contributed by atoms with Gasteiger partial charge in [-0.05, 0) is 22.0 Å². The number of nitrogens with zero attached hydrogens (tertiary/aromatic N) is 1. The van der Waals surface area contributed by atoms with Gasteiger partial charge in [0, 0.05) is 30.6 Å². The van der Waals surface area contributed by atoms with Gasteiger partial charge in [0.15, 0.2) is 0 Å². The van der Waals surface area contributed by atoms with Crippen LogP contribution in [0.1, 0.15) is 12.8 Å². The first-order chi connectivity index (χ1) is 9.81. The van der Waals surface area contributed by atoms with Crippen LogP contribution in [0.2, 0.25) is 10.0 Å². The van der Waals surface area contributed by atoms with E-state index in [4.69, 9.17) is 45.9 Å². The molecule has 0 fully saturated rings. The van der Waals surface area contributed by atoms with E-state index in [0.717, 1.165) is 0 Å². The first kappa shape index (κ1) is 18.5. The summed E-state index contributed by atoms with van der Waals surface area (Å²) < 4.78 is 6.17. The molecule has 0 spiro atoms. The molecule has 8 heteroatoms. The molecule has 0 unspecified atom stereocenters. The normalized spacial score (nSPS) is 10.3. The molecule has 0 heterocycles. The Morgan fingerprint density at radius 1 is 1.38 bits per heavy atom. The van der Waals surface area contributed by atoms with Gasteiger partial charge in [-0.15, -0.1) is 0 Å². The van der Waals surface area contributed by atoms with E-state index in [0.29, 0.717) is 38.2 Å². The lowest BCUT2D eigenvalue weighted by atomic mass is 10.3. The van der Waals surface area contributed by atoms with Crippen molar-refractivity contribution in [2.24, 2.45) is 5.73 Å². The van der Waals surface area contributed by atoms with Crippen molar-refractivity contribution in [2.75, 3.05) is 20.2 Å². The monoisotopic (exact) mass is 412 g/mol. The summed E-state index contributed by atoms with van der Waals surface area (Å²) in [5.41, 5.74) is 5.40. The maximum atomic E-state index is 11.8. The first-order valence-corrected chi connectivity index (χ1v) is 8.06. The number of ether oxygens (including phenoxy) is 1. The first-order valence-electron chi connectivity index (χ1n) is 6.11. The number of rotatable bonds is 7. The molecule has 116 valence electrons. The lowest BCUT2D eigenvalue weighted by Crippen LogP contribution is -2.30. The molecular weight excluding hydrogens is 399 g/mol. The lowest BCUT2D eigenvalue weighted by molar-refractivity contribution is -0.130. The Balaban J connectivity index is 2.44. The zero-order chi connectivity index (χ0) is 16.0. The van der Waals surface area contributed by atoms with Gasteiger partial charge >= 0.3 is 0 Å². The Hall–Kier alpha value is -0.560. The SMILES string of the molecule is CN(CCC(N)=S)C(=O)CCOc1cc(Cl)c(Br)cc1Cl. The largest absolute Gasteiger partial charge is 0.491 e. The highest BCUT2D eigenvalue weighted by Gasteiger charge is 2.11. The van der Waals surface area contributed by atoms with Crippen LogP contribution < -0.4 is 10.5 Å². The lowest BCUT2D eigenvalue weighted by Gasteiger charge is -2.17. The van der Waals surface area contributed by atoms with Gasteiger partial charge < -0.3 is 15.4 Å². The quantitative estimate of drug-likeness (QED) is 0.547. The van der Waals surface area contributed by atoms with Crippen LogP contribution in [-0.4, -0.2) is 36.0 Å². The van der Waals surface area contributed by atoms with E-state index < -0.39 is 0 Å². The third-order valence-electron chi connectivity index (χ3n) is 2.67. The second-order valence-corrected chi connectivity index (χ2v) is 6.52. The predicted molar refractivity (Wildman–Crippen MR) is 93.3 cm³/mol. The number of halogens is 3. The Kier molecular flexibility index (Phi) is 7.73. The van der Waals surface area contributed by atoms with Crippen molar-refractivity contribution in [3.63, 3.8) is 0 Å². The molecule has 0 aliphatic carbocycles. The second kappa shape index (κ2) is 8.78. The van der Waals surface area contributed by atoms with Crippen molar-refractivity contribution in [3.05, 3.63) is 26.7 Å². The molecule has 0 bridgehead atoms. The van der Waals surface area contributed by atoms with Gasteiger partial charge in [0.05, 0.1) is 28.1 Å². The van der Waals surface area contributed by atoms with E-state index in [9.17, 15) is 4.79 Å². The van der Waals surface area contributed by atoms with E-state index >= 15 is 0 Å². The van der Waals surface area contributed by atoms with Crippen LogP contribution in [0, 0.1) is 0 Å². The van der Waals surface area contributed by atoms with Crippen molar-refractivity contribution in [1.29, 1.82) is 0 Å². The topological polar surface area (TPSA) is 55.6 Å². The predicted octanol–water partition coefficient (Wildman–Crippen LogP) is 3.66. The third-order valence-corrected chi connectivity index (χ3v) is 4.36. The summed E-state index contributed by atoms with van der Waals surface area (Å²) in [5, 5.41) is 0.926. The molecule has 0 radical (unpaired) electrons. The molecule has 21 heavy (non-hydrogen) atoms. The Morgan fingerprint density at radius 2 is 2.05 bits per heavy atom. The highest BCUT2D eigenvalue weighted by atomic mass is 79.9. The zero-order valence-corrected chi connectivity index (χ0v) is 15.3. The summed E-state index contributed by atoms with van der Waals surface area (Å²) in [6.07, 6.45) is 0.740. The zero-order valence-electron chi connectivity index (χ0n) is 11.4. The van der Waals surface area contributed by atoms with Crippen LogP contribution in [0.4, 0.5) is 0 Å². The maximum Gasteiger partial charge on any atom is 0.225 e. The fraction of sp³-hybridized carbons (Fsp3) is 0.385. The molecule has 0 aromatic heterocycles. The van der Waals surface area contributed by atoms with Crippen molar-refractivity contribution in [2.45, 2.75) is 12.8 Å². The van der Waals surface area contributed by atoms with Gasteiger partial charge in [-0.2, -0.15) is 0 Å². The Labute approximate surface area is 147 Å². The highest BCUT2D eigenvalue weighted by molar-refractivity contribution is 9.10. The van der Waals surface area contributed by atoms with Crippen LogP contribution in [0.15, 0.2) is 16.6 Å². The van der Waals surface area contributed by atoms with E-state index in [2.05, 4.69) is 15.9 Å². The van der Waals surface area contributed by atoms with Gasteiger partial charge in [-0.25, -0.2) is 0 Å². The maximum absolute atomic E-state index is 11.8. The number of hydrogen-bond donors (Lipinski definition) is 1. The number of carbonyl (C=O) groups excluding carboxylic acids is 1. The number of carbonyl (C=O) groups is 1. The van der Waals surface area contributed by atoms with Gasteiger partial charge in [-0.1, -0.05) is 35.4 Å². The summed E-state index contributed by atoms with van der Waals surface area (Å²) in [5.74, 6) is 0.397. The van der Waals surface area contributed by atoms with E-state index in [-0.39, 0.29) is 18.9 Å². The summed E-state index contributed by atoms with van der Waals surface area (Å²) in [6, 6.07) is 3.25. The molecule has 4 nitrogen and oxygen atoms in total. The summed E-state index contributed by atoms with van der Waals surface area (Å²) >= 11 is 20.0. The van der Waals surface area contributed by atoms with Crippen LogP contribution >= 0.6 is 51.3 Å². The average Bonchev–Trinajstić information content (AvgIpc) is 2.41. The van der Waals surface area contributed by atoms with Gasteiger partial charge in [-0.3, -0.25) is 4.79 Å². The average molecular weight is 414 g/mol. The smallest absolute Gasteiger partial charge is 0.225 e. The minimum Gasteiger partial charge on any atom is -0.491 e. The van der Waals surface area contributed by atoms with Gasteiger partial charge in [0.1, 0.15) is 5.75 Å². The molecule has 0 aliphatic rings. The summed E-state index contributed by atoms with van der Waals surface area (Å²) in [6.45, 7) is 0.715. The van der Waals surface area contributed by atoms with Crippen molar-refractivity contribution < 1.29 is 9.53 Å². The fourth-order valence-electron chi connectivity index (χ4n) is 1.46. The van der Waals surface area contributed by atoms with Crippen LogP contribution in [0.25, 0.3) is 0 Å². The Bertz CT molecular complexity index is 543. The van der Waals surface area contributed by atoms with Crippen LogP contribution in [-0.2, 0) is 4.79 Å². The molecule has 0 saturated heterocycles. The molecular formula is C13H15BrCl2N2O2S. The van der Waals surface area contributed by atoms with Crippen molar-refractivity contribution in [1.82, 2.24) is 4.90 Å². The van der Waals surface area contributed by atoms with E-state index in [1.807, 2.05) is 0 Å². The van der Waals surface area contributed by atoms with E-state index in [1.54, 1.807) is 24.1 Å². The third kappa shape index (κ3) is 6.38. The summed E-state index contributed by atoms with van der Waals surface area (Å²) in [4.78, 5) is 13.8. The molecule has 0 aliphatic heterocycles. The molecule has 0 atom stereocenters. The minimum absolute atomic E-state index is 0.0504. The van der Waals surface area contributed by atoms with Gasteiger partial charge in [0.25, 0.3) is 0 Å². The van der Waals surface area contributed by atoms with Crippen molar-refractivity contribution >= 4 is 62.2 Å². The Morgan fingerprint density at radius 3 is 2.67 bits per heavy atom. The molecule has 1 amide bonds. The highest BCUT2D eigenvalue weighted by Crippen LogP contribution is 2.34. The minimum atomic E-state index is -0.0504. The number of hydrogen-bond acceptors (Lipinski definition) is 3. The van der Waals surface area contributed by atoms with Gasteiger partial charge in [0.2, 0.25) is 5.91 Å². The fourth-order valence-corrected chi connectivity index (χ4v) is 2.40. The molecule has 0 saturated carbocycles. The van der Waals surface area contributed by atoms with E-state index in [1.165, 1.54) is 0 Å². The van der Waals surface area contributed by atoms with Crippen LogP contribution in [0.5, 0.6) is 5.75 Å².